The van der Waals surface area contributed by atoms with Crippen molar-refractivity contribution >= 4 is 31.5 Å². The first-order valence-corrected chi connectivity index (χ1v) is 13.1. The Balaban J connectivity index is 1.41. The highest BCUT2D eigenvalue weighted by atomic mass is 31.2. The Morgan fingerprint density at radius 1 is 1.06 bits per heavy atom. The van der Waals surface area contributed by atoms with Crippen LogP contribution in [0.4, 0.5) is 4.79 Å². The molecule has 1 heterocycles. The van der Waals surface area contributed by atoms with Gasteiger partial charge >= 0.3 is 19.7 Å². The normalized spacial score (nSPS) is 19.4. The number of hydrogen-bond donors (Lipinski definition) is 3. The summed E-state index contributed by atoms with van der Waals surface area (Å²) in [6, 6.07) is 8.01. The number of ether oxygens (including phenoxy) is 1. The molecule has 186 valence electrons. The molecule has 11 nitrogen and oxygen atoms in total. The standard InChI is InChI=1S/C22H29N2O9P/c25-19-7-8-20(26)24(19)33-22(28)23-11-10-18-16-5-3-4-15(14-16)17(18)6-9-21(27)32-12-1-2-13-34(29,30)31/h3-5,14,17-18H,1-2,6-13H2,(H,23,28)(H2,29,30,31). The molecule has 2 bridgehead atoms. The van der Waals surface area contributed by atoms with Crippen molar-refractivity contribution < 1.29 is 43.1 Å². The topological polar surface area (TPSA) is 160 Å². The van der Waals surface area contributed by atoms with Crippen LogP contribution in [0.3, 0.4) is 0 Å². The number of unbranched alkanes of at least 4 members (excludes halogenated alkanes) is 1. The molecule has 12 heteroatoms. The van der Waals surface area contributed by atoms with Crippen LogP contribution in [0.25, 0.3) is 0 Å². The van der Waals surface area contributed by atoms with E-state index in [9.17, 15) is 23.7 Å². The minimum absolute atomic E-state index is 0.0291. The minimum Gasteiger partial charge on any atom is -0.466 e. The van der Waals surface area contributed by atoms with Gasteiger partial charge in [0.05, 0.1) is 6.61 Å². The average Bonchev–Trinajstić information content (AvgIpc) is 3.20. The molecule has 3 rings (SSSR count). The summed E-state index contributed by atoms with van der Waals surface area (Å²) in [5.41, 5.74) is 2.21. The van der Waals surface area contributed by atoms with Crippen molar-refractivity contribution in [1.29, 1.82) is 0 Å². The van der Waals surface area contributed by atoms with E-state index in [4.69, 9.17) is 19.4 Å². The number of hydrogen-bond acceptors (Lipinski definition) is 7. The number of amides is 3. The number of rotatable bonds is 12. The van der Waals surface area contributed by atoms with Crippen LogP contribution in [0.2, 0.25) is 0 Å². The first-order chi connectivity index (χ1) is 16.1. The summed E-state index contributed by atoms with van der Waals surface area (Å²) in [5.74, 6) is -1.29. The maximum Gasteiger partial charge on any atom is 0.432 e. The molecule has 2 aliphatic rings. The molecule has 34 heavy (non-hydrogen) atoms. The third-order valence-electron chi connectivity index (χ3n) is 5.92. The smallest absolute Gasteiger partial charge is 0.432 e. The zero-order valence-electron chi connectivity index (χ0n) is 18.7. The number of hydroxylamine groups is 2. The number of imide groups is 1. The lowest BCUT2D eigenvalue weighted by molar-refractivity contribution is -0.171. The highest BCUT2D eigenvalue weighted by Gasteiger charge is 2.34. The molecule has 1 aliphatic heterocycles. The minimum atomic E-state index is -4.03. The van der Waals surface area contributed by atoms with Gasteiger partial charge in [0, 0.05) is 32.0 Å². The van der Waals surface area contributed by atoms with Crippen LogP contribution in [0.15, 0.2) is 24.3 Å². The Bertz CT molecular complexity index is 961. The predicted octanol–water partition coefficient (Wildman–Crippen LogP) is 2.33. The number of nitrogens with one attached hydrogen (secondary N) is 1. The zero-order valence-corrected chi connectivity index (χ0v) is 19.6. The van der Waals surface area contributed by atoms with E-state index in [1.807, 2.05) is 18.2 Å². The van der Waals surface area contributed by atoms with E-state index in [2.05, 4.69) is 11.4 Å². The molecule has 0 saturated carbocycles. The zero-order chi connectivity index (χ0) is 24.7. The van der Waals surface area contributed by atoms with Crippen LogP contribution in [0.1, 0.15) is 67.9 Å². The van der Waals surface area contributed by atoms with E-state index in [1.165, 1.54) is 0 Å². The second-order valence-electron chi connectivity index (χ2n) is 8.41. The van der Waals surface area contributed by atoms with Crippen molar-refractivity contribution in [2.75, 3.05) is 19.3 Å². The van der Waals surface area contributed by atoms with Crippen LogP contribution >= 0.6 is 7.60 Å². The Morgan fingerprint density at radius 3 is 2.35 bits per heavy atom. The molecule has 3 N–H and O–H groups in total. The second kappa shape index (κ2) is 11.6. The summed E-state index contributed by atoms with van der Waals surface area (Å²) >= 11 is 0. The molecule has 3 amide bonds. The van der Waals surface area contributed by atoms with E-state index in [0.717, 1.165) is 11.1 Å². The van der Waals surface area contributed by atoms with Gasteiger partial charge in [-0.15, -0.1) is 5.06 Å². The maximum atomic E-state index is 12.1. The third kappa shape index (κ3) is 7.38. The fraction of sp³-hybridized carbons (Fsp3) is 0.545. The van der Waals surface area contributed by atoms with E-state index in [-0.39, 0.29) is 62.8 Å². The van der Waals surface area contributed by atoms with Gasteiger partial charge < -0.3 is 24.7 Å². The van der Waals surface area contributed by atoms with Gasteiger partial charge in [0.25, 0.3) is 11.8 Å². The molecule has 2 unspecified atom stereocenters. The lowest BCUT2D eigenvalue weighted by Crippen LogP contribution is -2.37. The molecule has 0 radical (unpaired) electrons. The van der Waals surface area contributed by atoms with Crippen LogP contribution in [-0.2, 0) is 28.5 Å². The number of fused-ring (bicyclic) bond motifs is 2. The first kappa shape index (κ1) is 25.9. The number of esters is 1. The Morgan fingerprint density at radius 2 is 1.71 bits per heavy atom. The van der Waals surface area contributed by atoms with Gasteiger partial charge in [0.15, 0.2) is 0 Å². The van der Waals surface area contributed by atoms with Crippen molar-refractivity contribution in [3.05, 3.63) is 35.4 Å². The van der Waals surface area contributed by atoms with Crippen molar-refractivity contribution in [1.82, 2.24) is 10.4 Å². The first-order valence-electron chi connectivity index (χ1n) is 11.3. The maximum absolute atomic E-state index is 12.1. The Labute approximate surface area is 196 Å². The number of benzene rings is 1. The number of carbonyl (C=O) groups is 4. The predicted molar refractivity (Wildman–Crippen MR) is 118 cm³/mol. The lowest BCUT2D eigenvalue weighted by atomic mass is 9.85. The van der Waals surface area contributed by atoms with Gasteiger partial charge in [-0.3, -0.25) is 18.9 Å². The molecule has 1 aromatic carbocycles. The Hall–Kier alpha value is -2.75. The van der Waals surface area contributed by atoms with Crippen molar-refractivity contribution in [2.45, 2.75) is 56.8 Å². The van der Waals surface area contributed by atoms with Crippen LogP contribution in [0, 0.1) is 0 Å². The summed E-state index contributed by atoms with van der Waals surface area (Å²) in [7, 11) is -4.03. The summed E-state index contributed by atoms with van der Waals surface area (Å²) in [4.78, 5) is 69.7. The summed E-state index contributed by atoms with van der Waals surface area (Å²) in [6.45, 7) is 0.382. The fourth-order valence-corrected chi connectivity index (χ4v) is 4.91. The molecular formula is C22H29N2O9P. The summed E-state index contributed by atoms with van der Waals surface area (Å²) in [5, 5.41) is 3.06. The van der Waals surface area contributed by atoms with E-state index in [1.54, 1.807) is 0 Å². The lowest BCUT2D eigenvalue weighted by Gasteiger charge is -2.21. The Kier molecular flexibility index (Phi) is 8.82. The third-order valence-corrected chi connectivity index (χ3v) is 6.82. The van der Waals surface area contributed by atoms with E-state index >= 15 is 0 Å². The highest BCUT2D eigenvalue weighted by molar-refractivity contribution is 7.51. The molecule has 0 spiro atoms. The summed E-state index contributed by atoms with van der Waals surface area (Å²) < 4.78 is 16.0. The van der Waals surface area contributed by atoms with Gasteiger partial charge in [-0.2, -0.15) is 0 Å². The van der Waals surface area contributed by atoms with E-state index < -0.39 is 25.5 Å². The van der Waals surface area contributed by atoms with Crippen LogP contribution < -0.4 is 5.32 Å². The fourth-order valence-electron chi connectivity index (χ4n) is 4.27. The van der Waals surface area contributed by atoms with Gasteiger partial charge in [0.2, 0.25) is 0 Å². The number of carbonyl (C=O) groups excluding carboxylic acids is 4. The van der Waals surface area contributed by atoms with Crippen molar-refractivity contribution in [2.24, 2.45) is 0 Å². The molecular weight excluding hydrogens is 467 g/mol. The monoisotopic (exact) mass is 496 g/mol. The largest absolute Gasteiger partial charge is 0.466 e. The van der Waals surface area contributed by atoms with Crippen LogP contribution in [-0.4, -0.2) is 58.0 Å². The molecule has 1 aliphatic carbocycles. The van der Waals surface area contributed by atoms with Crippen molar-refractivity contribution in [3.63, 3.8) is 0 Å². The second-order valence-corrected chi connectivity index (χ2v) is 10.2. The molecule has 1 saturated heterocycles. The molecule has 1 fully saturated rings. The van der Waals surface area contributed by atoms with Gasteiger partial charge in [-0.25, -0.2) is 4.79 Å². The quantitative estimate of drug-likeness (QED) is 0.171. The average molecular weight is 496 g/mol. The number of nitrogens with zero attached hydrogens (tertiary/aromatic N) is 1. The van der Waals surface area contributed by atoms with Gasteiger partial charge in [-0.1, -0.05) is 24.3 Å². The van der Waals surface area contributed by atoms with Crippen LogP contribution in [0.5, 0.6) is 0 Å². The van der Waals surface area contributed by atoms with Gasteiger partial charge in [-0.05, 0) is 48.6 Å². The molecule has 2 atom stereocenters. The molecule has 0 aromatic heterocycles. The highest BCUT2D eigenvalue weighted by Crippen LogP contribution is 2.45. The van der Waals surface area contributed by atoms with Crippen molar-refractivity contribution in [3.8, 4) is 0 Å². The summed E-state index contributed by atoms with van der Waals surface area (Å²) in [6.07, 6.45) is 0.967. The van der Waals surface area contributed by atoms with E-state index in [0.29, 0.717) is 24.3 Å². The van der Waals surface area contributed by atoms with Gasteiger partial charge in [0.1, 0.15) is 0 Å². The molecule has 1 aromatic rings. The SMILES string of the molecule is O=C(CCC1c2cccc(c2)C1CCNC(=O)ON1C(=O)CCC1=O)OCCCCP(=O)(O)O.